The SMILES string of the molecule is COC(=O)N[C@H](C(=O)N[C@@H]1C[C@@H]1CCc1nc2ccc(-c3ccc4nc(-c5ccc6nc([C@@H]7C[C@H]8[C@@H](C)[C@H]8N7C(=O)[C@@H](NC(=O)OC)C7CCOCC7)[nH]c6c5)cnc4c3)cc2[nH]1)C1CCOCC1. The van der Waals surface area contributed by atoms with Gasteiger partial charge in [-0.2, -0.15) is 0 Å². The van der Waals surface area contributed by atoms with E-state index < -0.39 is 24.3 Å². The minimum absolute atomic E-state index is 0.00543. The number of likely N-dealkylation sites (tertiary alicyclic amines) is 1. The van der Waals surface area contributed by atoms with Crippen molar-refractivity contribution in [3.8, 4) is 22.4 Å². The lowest BCUT2D eigenvalue weighted by atomic mass is 9.90. The smallest absolute Gasteiger partial charge is 0.407 e. The second-order valence-corrected chi connectivity index (χ2v) is 19.5. The maximum Gasteiger partial charge on any atom is 0.407 e. The molecule has 4 amide bonds. The van der Waals surface area contributed by atoms with Crippen LogP contribution in [0.1, 0.15) is 69.6 Å². The van der Waals surface area contributed by atoms with Crippen molar-refractivity contribution < 1.29 is 38.1 Å². The highest BCUT2D eigenvalue weighted by atomic mass is 16.5. The second-order valence-electron chi connectivity index (χ2n) is 19.5. The van der Waals surface area contributed by atoms with E-state index in [1.165, 1.54) is 14.2 Å². The molecule has 3 aliphatic heterocycles. The largest absolute Gasteiger partial charge is 0.453 e. The van der Waals surface area contributed by atoms with E-state index in [1.54, 1.807) is 6.20 Å². The quantitative estimate of drug-likeness (QED) is 0.0852. The van der Waals surface area contributed by atoms with Crippen molar-refractivity contribution in [2.45, 2.75) is 88.5 Å². The van der Waals surface area contributed by atoms with Gasteiger partial charge in [0.2, 0.25) is 11.8 Å². The normalized spacial score (nSPS) is 24.4. The van der Waals surface area contributed by atoms with Gasteiger partial charge >= 0.3 is 12.2 Å². The number of fused-ring (bicyclic) bond motifs is 4. The van der Waals surface area contributed by atoms with Gasteiger partial charge in [0.05, 0.1) is 65.3 Å². The highest BCUT2D eigenvalue weighted by Gasteiger charge is 2.62. The van der Waals surface area contributed by atoms with E-state index in [0.29, 0.717) is 69.9 Å². The number of carbonyl (C=O) groups excluding carboxylic acids is 4. The van der Waals surface area contributed by atoms with E-state index >= 15 is 0 Å². The van der Waals surface area contributed by atoms with Gasteiger partial charge < -0.3 is 49.8 Å². The summed E-state index contributed by atoms with van der Waals surface area (Å²) in [5, 5.41) is 8.79. The van der Waals surface area contributed by atoms with E-state index in [9.17, 15) is 19.2 Å². The van der Waals surface area contributed by atoms with Crippen LogP contribution in [0.3, 0.4) is 0 Å². The molecule has 360 valence electrons. The van der Waals surface area contributed by atoms with Crippen molar-refractivity contribution in [2.75, 3.05) is 40.6 Å². The molecule has 5 N–H and O–H groups in total. The zero-order chi connectivity index (χ0) is 47.3. The van der Waals surface area contributed by atoms with Gasteiger partial charge in [-0.1, -0.05) is 25.1 Å². The minimum atomic E-state index is -0.702. The highest BCUT2D eigenvalue weighted by molar-refractivity contribution is 5.90. The molecule has 11 rings (SSSR count). The molecule has 6 heterocycles. The van der Waals surface area contributed by atoms with Gasteiger partial charge in [-0.25, -0.2) is 24.5 Å². The number of alkyl carbamates (subject to hydrolysis) is 2. The van der Waals surface area contributed by atoms with Gasteiger partial charge in [0.25, 0.3) is 0 Å². The molecule has 69 heavy (non-hydrogen) atoms. The summed E-state index contributed by atoms with van der Waals surface area (Å²) < 4.78 is 20.8. The predicted molar refractivity (Wildman–Crippen MR) is 254 cm³/mol. The first-order valence-corrected chi connectivity index (χ1v) is 24.3. The summed E-state index contributed by atoms with van der Waals surface area (Å²) in [6.07, 6.45) is 6.71. The standard InChI is InChI=1S/C51H58N10O8/c1-26-33-24-42(61(46(26)33)49(63)45(60-51(65)67-3)28-14-18-69-19-15-28)47-56-36-10-6-32(23-40(36)57-47)41-25-52-38-20-29(4-8-34(38)53-41)30-5-9-35-39(21-30)55-43(54-35)11-7-31-22-37(31)58-48(62)44(59-50(64)66-2)27-12-16-68-17-13-27/h4-6,8-10,20-21,23,25-28,31,33,37,42,44-46H,7,11-19,22,24H2,1-3H3,(H,54,55)(H,56,57)(H,58,62)(H,59,64)(H,60,65)/t26-,31+,33+,37-,42+,44+,45+,46-/m1/s1. The lowest BCUT2D eigenvalue weighted by Crippen LogP contribution is -2.54. The number of methoxy groups -OCH3 is 2. The third-order valence-electron chi connectivity index (χ3n) is 15.4. The van der Waals surface area contributed by atoms with Gasteiger partial charge in [-0.3, -0.25) is 14.6 Å². The van der Waals surface area contributed by atoms with Crippen LogP contribution in [0.5, 0.6) is 0 Å². The topological polar surface area (TPSA) is 228 Å². The number of rotatable bonds is 13. The Bertz CT molecular complexity index is 2930. The van der Waals surface area contributed by atoms with Crippen molar-refractivity contribution in [2.24, 2.45) is 29.6 Å². The number of hydrogen-bond donors (Lipinski definition) is 5. The molecule has 0 unspecified atom stereocenters. The van der Waals surface area contributed by atoms with Crippen LogP contribution in [0.15, 0.2) is 60.8 Å². The van der Waals surface area contributed by atoms with Crippen LogP contribution in [0.4, 0.5) is 9.59 Å². The maximum absolute atomic E-state index is 14.5. The molecule has 5 aliphatic rings. The number of aromatic amines is 2. The Morgan fingerprint density at radius 1 is 0.739 bits per heavy atom. The fraction of sp³-hybridized carbons (Fsp3) is 0.490. The zero-order valence-corrected chi connectivity index (χ0v) is 39.0. The summed E-state index contributed by atoms with van der Waals surface area (Å²) in [7, 11) is 2.62. The van der Waals surface area contributed by atoms with E-state index in [0.717, 1.165) is 92.8 Å². The van der Waals surface area contributed by atoms with Crippen LogP contribution in [0.2, 0.25) is 0 Å². The van der Waals surface area contributed by atoms with Gasteiger partial charge in [0.1, 0.15) is 23.7 Å². The molecule has 2 aliphatic carbocycles. The Morgan fingerprint density at radius 3 is 2.09 bits per heavy atom. The number of aryl methyl sites for hydroxylation is 1. The van der Waals surface area contributed by atoms with E-state index in [2.05, 4.69) is 57.1 Å². The Kier molecular flexibility index (Phi) is 12.1. The number of carbonyl (C=O) groups is 4. The van der Waals surface area contributed by atoms with Crippen LogP contribution < -0.4 is 16.0 Å². The first-order chi connectivity index (χ1) is 33.6. The highest BCUT2D eigenvalue weighted by Crippen LogP contribution is 2.58. The Labute approximate surface area is 398 Å². The molecule has 5 fully saturated rings. The molecule has 6 aromatic rings. The molecule has 18 nitrogen and oxygen atoms in total. The van der Waals surface area contributed by atoms with Crippen molar-refractivity contribution >= 4 is 57.1 Å². The lowest BCUT2D eigenvalue weighted by molar-refractivity contribution is -0.138. The van der Waals surface area contributed by atoms with Crippen LogP contribution in [-0.2, 0) is 35.0 Å². The van der Waals surface area contributed by atoms with E-state index in [-0.39, 0.29) is 41.8 Å². The fourth-order valence-corrected chi connectivity index (χ4v) is 11.2. The number of imidazole rings is 2. The number of piperidine rings is 1. The third kappa shape index (κ3) is 9.07. The van der Waals surface area contributed by atoms with Crippen molar-refractivity contribution in [1.82, 2.24) is 50.8 Å². The number of nitrogens with one attached hydrogen (secondary N) is 5. The van der Waals surface area contributed by atoms with Crippen LogP contribution >= 0.6 is 0 Å². The minimum Gasteiger partial charge on any atom is -0.453 e. The number of aromatic nitrogens is 6. The molecular formula is C51H58N10O8. The molecule has 18 heteroatoms. The van der Waals surface area contributed by atoms with Crippen LogP contribution in [0, 0.1) is 29.6 Å². The van der Waals surface area contributed by atoms with Gasteiger partial charge in [-0.05, 0) is 122 Å². The second kappa shape index (κ2) is 18.7. The van der Waals surface area contributed by atoms with Gasteiger partial charge in [-0.15, -0.1) is 0 Å². The van der Waals surface area contributed by atoms with Gasteiger partial charge in [0.15, 0.2) is 0 Å². The summed E-state index contributed by atoms with van der Waals surface area (Å²) in [6.45, 7) is 4.44. The molecule has 8 atom stereocenters. The number of hydrogen-bond acceptors (Lipinski definition) is 12. The van der Waals surface area contributed by atoms with Crippen LogP contribution in [0.25, 0.3) is 55.5 Å². The molecule has 0 spiro atoms. The molecule has 0 radical (unpaired) electrons. The summed E-state index contributed by atoms with van der Waals surface area (Å²) in [5.41, 5.74) is 8.70. The number of ether oxygens (including phenoxy) is 4. The predicted octanol–water partition coefficient (Wildman–Crippen LogP) is 6.36. The molecule has 3 saturated heterocycles. The monoisotopic (exact) mass is 938 g/mol. The van der Waals surface area contributed by atoms with Crippen molar-refractivity contribution in [1.29, 1.82) is 0 Å². The molecule has 3 aromatic heterocycles. The maximum atomic E-state index is 14.5. The first-order valence-electron chi connectivity index (χ1n) is 24.3. The molecular weight excluding hydrogens is 881 g/mol. The fourth-order valence-electron chi connectivity index (χ4n) is 11.2. The average Bonchev–Trinajstić information content (AvgIpc) is 3.98. The van der Waals surface area contributed by atoms with Crippen molar-refractivity contribution in [3.05, 3.63) is 72.4 Å². The number of H-pyrrole nitrogens is 2. The number of nitrogens with zero attached hydrogens (tertiary/aromatic N) is 5. The van der Waals surface area contributed by atoms with Gasteiger partial charge in [0, 0.05) is 50.5 Å². The summed E-state index contributed by atoms with van der Waals surface area (Å²) in [4.78, 5) is 81.1. The summed E-state index contributed by atoms with van der Waals surface area (Å²) >= 11 is 0. The zero-order valence-electron chi connectivity index (χ0n) is 39.0. The molecule has 2 saturated carbocycles. The average molecular weight is 939 g/mol. The Morgan fingerprint density at radius 2 is 1.36 bits per heavy atom. The Balaban J connectivity index is 0.743. The van der Waals surface area contributed by atoms with E-state index in [4.69, 9.17) is 38.9 Å². The number of benzene rings is 3. The molecule has 3 aromatic carbocycles. The first kappa shape index (κ1) is 44.8. The third-order valence-corrected chi connectivity index (χ3v) is 15.4. The van der Waals surface area contributed by atoms with Crippen molar-refractivity contribution in [3.63, 3.8) is 0 Å². The van der Waals surface area contributed by atoms with Crippen LogP contribution in [-0.4, -0.2) is 124 Å². The Hall–Kier alpha value is -6.66. The molecule has 0 bridgehead atoms. The van der Waals surface area contributed by atoms with E-state index in [1.807, 2.05) is 35.2 Å². The summed E-state index contributed by atoms with van der Waals surface area (Å²) in [5.74, 6) is 2.46. The number of amides is 4. The lowest BCUT2D eigenvalue weighted by Gasteiger charge is -2.35. The summed E-state index contributed by atoms with van der Waals surface area (Å²) in [6, 6.07) is 16.9.